The minimum Gasteiger partial charge on any atom is -0.484 e. The minimum atomic E-state index is -0.845. The second-order valence-corrected chi connectivity index (χ2v) is 6.50. The maximum absolute atomic E-state index is 12.2. The lowest BCUT2D eigenvalue weighted by Gasteiger charge is -2.20. The zero-order valence-electron chi connectivity index (χ0n) is 12.8. The van der Waals surface area contributed by atoms with E-state index in [9.17, 15) is 14.7 Å². The summed E-state index contributed by atoms with van der Waals surface area (Å²) in [6, 6.07) is 5.99. The number of aliphatic carboxylic acids is 1. The number of hydrogen-bond donors (Lipinski definition) is 1. The Bertz CT molecular complexity index is 613. The fraction of sp³-hybridized carbons (Fsp3) is 0.529. The number of carboxylic acid groups (broad SMARTS) is 1. The highest BCUT2D eigenvalue weighted by Gasteiger charge is 2.42. The van der Waals surface area contributed by atoms with Gasteiger partial charge in [0.05, 0.1) is 5.41 Å². The second kappa shape index (κ2) is 5.63. The third kappa shape index (κ3) is 2.80. The van der Waals surface area contributed by atoms with Gasteiger partial charge in [0, 0.05) is 13.1 Å². The van der Waals surface area contributed by atoms with Crippen molar-refractivity contribution in [1.29, 1.82) is 0 Å². The van der Waals surface area contributed by atoms with Gasteiger partial charge in [-0.1, -0.05) is 6.07 Å². The standard InChI is InChI=1S/C17H21NO4/c1-17(16(20)21)7-8-18(11-17)15(19)10-22-14-6-5-12-3-2-4-13(12)9-14/h5-6,9H,2-4,7-8,10-11H2,1H3,(H,20,21). The summed E-state index contributed by atoms with van der Waals surface area (Å²) >= 11 is 0. The van der Waals surface area contributed by atoms with Gasteiger partial charge in [-0.25, -0.2) is 0 Å². The third-order valence-corrected chi connectivity index (χ3v) is 4.77. The molecule has 118 valence electrons. The molecular formula is C17H21NO4. The first-order valence-electron chi connectivity index (χ1n) is 7.74. The first kappa shape index (κ1) is 14.9. The van der Waals surface area contributed by atoms with Crippen LogP contribution in [0.4, 0.5) is 0 Å². The van der Waals surface area contributed by atoms with Gasteiger partial charge in [-0.2, -0.15) is 0 Å². The van der Waals surface area contributed by atoms with E-state index >= 15 is 0 Å². The van der Waals surface area contributed by atoms with Gasteiger partial charge in [-0.3, -0.25) is 9.59 Å². The summed E-state index contributed by atoms with van der Waals surface area (Å²) in [5.41, 5.74) is 1.85. The normalized spacial score (nSPS) is 23.4. The van der Waals surface area contributed by atoms with E-state index in [1.807, 2.05) is 12.1 Å². The number of amides is 1. The number of likely N-dealkylation sites (tertiary alicyclic amines) is 1. The molecule has 1 heterocycles. The molecule has 5 nitrogen and oxygen atoms in total. The van der Waals surface area contributed by atoms with Crippen LogP contribution in [-0.4, -0.2) is 41.6 Å². The van der Waals surface area contributed by atoms with E-state index in [0.29, 0.717) is 18.7 Å². The number of carbonyl (C=O) groups is 2. The zero-order valence-corrected chi connectivity index (χ0v) is 12.8. The molecule has 1 saturated heterocycles. The Hall–Kier alpha value is -2.04. The maximum atomic E-state index is 12.2. The molecule has 1 unspecified atom stereocenters. The van der Waals surface area contributed by atoms with E-state index in [2.05, 4.69) is 6.07 Å². The van der Waals surface area contributed by atoms with Crippen molar-refractivity contribution in [3.05, 3.63) is 29.3 Å². The molecule has 2 aliphatic rings. The Morgan fingerprint density at radius 2 is 2.09 bits per heavy atom. The Morgan fingerprint density at radius 3 is 2.82 bits per heavy atom. The number of carboxylic acids is 1. The summed E-state index contributed by atoms with van der Waals surface area (Å²) in [7, 11) is 0. The molecule has 0 bridgehead atoms. The lowest BCUT2D eigenvalue weighted by Crippen LogP contribution is -2.37. The highest BCUT2D eigenvalue weighted by Crippen LogP contribution is 2.30. The van der Waals surface area contributed by atoms with Crippen LogP contribution in [0.15, 0.2) is 18.2 Å². The van der Waals surface area contributed by atoms with Gasteiger partial charge >= 0.3 is 5.97 Å². The van der Waals surface area contributed by atoms with Crippen molar-refractivity contribution < 1.29 is 19.4 Å². The molecule has 1 fully saturated rings. The highest BCUT2D eigenvalue weighted by molar-refractivity contribution is 5.81. The highest BCUT2D eigenvalue weighted by atomic mass is 16.5. The van der Waals surface area contributed by atoms with Gasteiger partial charge in [0.15, 0.2) is 6.61 Å². The topological polar surface area (TPSA) is 66.8 Å². The Labute approximate surface area is 129 Å². The summed E-state index contributed by atoms with van der Waals surface area (Å²) in [6.07, 6.45) is 3.87. The van der Waals surface area contributed by atoms with Crippen LogP contribution >= 0.6 is 0 Å². The third-order valence-electron chi connectivity index (χ3n) is 4.77. The SMILES string of the molecule is CC1(C(=O)O)CCN(C(=O)COc2ccc3c(c2)CCC3)C1. The molecular weight excluding hydrogens is 282 g/mol. The predicted molar refractivity (Wildman–Crippen MR) is 80.9 cm³/mol. The van der Waals surface area contributed by atoms with Crippen molar-refractivity contribution in [1.82, 2.24) is 4.90 Å². The van der Waals surface area contributed by atoms with E-state index in [1.54, 1.807) is 11.8 Å². The Balaban J connectivity index is 1.56. The van der Waals surface area contributed by atoms with Crippen LogP contribution in [0.2, 0.25) is 0 Å². The van der Waals surface area contributed by atoms with Crippen LogP contribution in [-0.2, 0) is 22.4 Å². The number of rotatable bonds is 4. The lowest BCUT2D eigenvalue weighted by molar-refractivity contribution is -0.147. The van der Waals surface area contributed by atoms with Crippen molar-refractivity contribution in [2.24, 2.45) is 5.41 Å². The largest absolute Gasteiger partial charge is 0.484 e. The van der Waals surface area contributed by atoms with E-state index in [4.69, 9.17) is 4.74 Å². The van der Waals surface area contributed by atoms with Crippen LogP contribution in [0, 0.1) is 5.41 Å². The van der Waals surface area contributed by atoms with Crippen LogP contribution in [0.1, 0.15) is 30.9 Å². The van der Waals surface area contributed by atoms with Crippen LogP contribution in [0.3, 0.4) is 0 Å². The maximum Gasteiger partial charge on any atom is 0.311 e. The van der Waals surface area contributed by atoms with Crippen LogP contribution < -0.4 is 4.74 Å². The zero-order chi connectivity index (χ0) is 15.7. The second-order valence-electron chi connectivity index (χ2n) is 6.50. The average molecular weight is 303 g/mol. The predicted octanol–water partition coefficient (Wildman–Crippen LogP) is 1.88. The molecule has 1 aromatic rings. The first-order chi connectivity index (χ1) is 10.5. The number of benzene rings is 1. The molecule has 0 saturated carbocycles. The van der Waals surface area contributed by atoms with Crippen LogP contribution in [0.25, 0.3) is 0 Å². The molecule has 5 heteroatoms. The van der Waals surface area contributed by atoms with Gasteiger partial charge in [0.2, 0.25) is 0 Å². The van der Waals surface area contributed by atoms with Gasteiger partial charge < -0.3 is 14.7 Å². The molecule has 0 spiro atoms. The van der Waals surface area contributed by atoms with Gasteiger partial charge in [-0.15, -0.1) is 0 Å². The van der Waals surface area contributed by atoms with E-state index in [0.717, 1.165) is 12.8 Å². The number of fused-ring (bicyclic) bond motifs is 1. The minimum absolute atomic E-state index is 0.0332. The van der Waals surface area contributed by atoms with Gasteiger partial charge in [-0.05, 0) is 55.9 Å². The van der Waals surface area contributed by atoms with Gasteiger partial charge in [0.1, 0.15) is 5.75 Å². The number of carbonyl (C=O) groups excluding carboxylic acids is 1. The smallest absolute Gasteiger partial charge is 0.311 e. The summed E-state index contributed by atoms with van der Waals surface area (Å²) in [4.78, 5) is 25.0. The molecule has 1 aliphatic carbocycles. The summed E-state index contributed by atoms with van der Waals surface area (Å²) in [5, 5.41) is 9.20. The number of nitrogens with zero attached hydrogens (tertiary/aromatic N) is 1. The average Bonchev–Trinajstić information content (AvgIpc) is 3.11. The van der Waals surface area contributed by atoms with E-state index in [-0.39, 0.29) is 19.1 Å². The molecule has 1 amide bonds. The first-order valence-corrected chi connectivity index (χ1v) is 7.74. The number of ether oxygens (including phenoxy) is 1. The van der Waals surface area contributed by atoms with Crippen LogP contribution in [0.5, 0.6) is 5.75 Å². The fourth-order valence-corrected chi connectivity index (χ4v) is 3.22. The molecule has 3 rings (SSSR count). The molecule has 1 N–H and O–H groups in total. The summed E-state index contributed by atoms with van der Waals surface area (Å²) < 4.78 is 5.60. The van der Waals surface area contributed by atoms with Crippen molar-refractivity contribution in [3.8, 4) is 5.75 Å². The molecule has 1 aliphatic heterocycles. The molecule has 1 atom stereocenters. The van der Waals surface area contributed by atoms with Crippen molar-refractivity contribution in [2.75, 3.05) is 19.7 Å². The Kier molecular flexibility index (Phi) is 3.81. The molecule has 0 aromatic heterocycles. The van der Waals surface area contributed by atoms with Crippen molar-refractivity contribution in [3.63, 3.8) is 0 Å². The number of hydrogen-bond acceptors (Lipinski definition) is 3. The fourth-order valence-electron chi connectivity index (χ4n) is 3.22. The van der Waals surface area contributed by atoms with Gasteiger partial charge in [0.25, 0.3) is 5.91 Å². The lowest BCUT2D eigenvalue weighted by atomic mass is 9.90. The molecule has 0 radical (unpaired) electrons. The molecule has 22 heavy (non-hydrogen) atoms. The molecule has 1 aromatic carbocycles. The summed E-state index contributed by atoms with van der Waals surface area (Å²) in [5.74, 6) is -0.276. The quantitative estimate of drug-likeness (QED) is 0.922. The van der Waals surface area contributed by atoms with Crippen molar-refractivity contribution >= 4 is 11.9 Å². The van der Waals surface area contributed by atoms with E-state index in [1.165, 1.54) is 17.5 Å². The number of aryl methyl sites for hydroxylation is 2. The van der Waals surface area contributed by atoms with E-state index < -0.39 is 11.4 Å². The Morgan fingerprint density at radius 1 is 1.32 bits per heavy atom. The summed E-state index contributed by atoms with van der Waals surface area (Å²) in [6.45, 7) is 2.39. The monoisotopic (exact) mass is 303 g/mol. The van der Waals surface area contributed by atoms with Crippen molar-refractivity contribution in [2.45, 2.75) is 32.6 Å².